The van der Waals surface area contributed by atoms with Gasteiger partial charge in [0.1, 0.15) is 5.02 Å². The lowest BCUT2D eigenvalue weighted by atomic mass is 10.1. The Morgan fingerprint density at radius 1 is 1.50 bits per heavy atom. The molecule has 1 aliphatic rings. The van der Waals surface area contributed by atoms with Gasteiger partial charge >= 0.3 is 0 Å². The first kappa shape index (κ1) is 11.0. The lowest BCUT2D eigenvalue weighted by Gasteiger charge is -2.04. The number of alkyl halides is 1. The van der Waals surface area contributed by atoms with Gasteiger partial charge in [0.2, 0.25) is 0 Å². The summed E-state index contributed by atoms with van der Waals surface area (Å²) in [5, 5.41) is 10.5. The fourth-order valence-corrected chi connectivity index (χ4v) is 1.58. The number of carbonyl (C=O) groups is 1. The molecule has 0 bridgehead atoms. The van der Waals surface area contributed by atoms with Gasteiger partial charge in [0.15, 0.2) is 11.5 Å². The van der Waals surface area contributed by atoms with E-state index >= 15 is 0 Å². The maximum atomic E-state index is 13.5. The average molecular weight is 244 g/mol. The number of nitrogens with zero attached hydrogens (tertiary/aromatic N) is 1. The minimum absolute atomic E-state index is 0.00361. The second-order valence-electron chi connectivity index (χ2n) is 3.72. The van der Waals surface area contributed by atoms with E-state index in [9.17, 15) is 19.3 Å². The number of carbonyl (C=O) groups excluding carboxylic acids is 1. The molecule has 1 aromatic rings. The molecule has 0 amide bonds. The lowest BCUT2D eigenvalue weighted by Crippen LogP contribution is -2.16. The van der Waals surface area contributed by atoms with Crippen LogP contribution in [0.3, 0.4) is 0 Å². The summed E-state index contributed by atoms with van der Waals surface area (Å²) in [6.07, 6.45) is 0.366. The zero-order valence-electron chi connectivity index (χ0n) is 8.07. The highest BCUT2D eigenvalue weighted by atomic mass is 35.5. The van der Waals surface area contributed by atoms with Crippen molar-refractivity contribution in [1.82, 2.24) is 0 Å². The van der Waals surface area contributed by atoms with Crippen molar-refractivity contribution in [2.75, 3.05) is 0 Å². The fraction of sp³-hybridized carbons (Fsp3) is 0.300. The monoisotopic (exact) mass is 243 g/mol. The molecule has 1 aromatic carbocycles. The molecule has 1 aliphatic carbocycles. The summed E-state index contributed by atoms with van der Waals surface area (Å²) < 4.78 is 13.5. The van der Waals surface area contributed by atoms with Gasteiger partial charge in [0, 0.05) is 11.6 Å². The summed E-state index contributed by atoms with van der Waals surface area (Å²) in [5.74, 6) is -0.702. The van der Waals surface area contributed by atoms with Crippen molar-refractivity contribution >= 4 is 23.1 Å². The van der Waals surface area contributed by atoms with Crippen LogP contribution in [0.4, 0.5) is 10.1 Å². The topological polar surface area (TPSA) is 60.2 Å². The summed E-state index contributed by atoms with van der Waals surface area (Å²) in [6.45, 7) is 0. The van der Waals surface area contributed by atoms with Gasteiger partial charge in [-0.1, -0.05) is 11.6 Å². The Bertz CT molecular complexity index is 485. The number of halogens is 2. The minimum Gasteiger partial charge on any atom is -0.291 e. The van der Waals surface area contributed by atoms with Crippen molar-refractivity contribution in [3.05, 3.63) is 38.9 Å². The van der Waals surface area contributed by atoms with E-state index in [-0.39, 0.29) is 29.1 Å². The molecule has 1 fully saturated rings. The van der Waals surface area contributed by atoms with Crippen LogP contribution in [0.1, 0.15) is 23.2 Å². The standard InChI is InChI=1S/C10H7ClFNO3/c11-7-2-1-6(5-8(7)13(15)16)9(14)10(12)3-4-10/h1-2,5H,3-4H2. The molecule has 4 nitrogen and oxygen atoms in total. The van der Waals surface area contributed by atoms with Crippen LogP contribution in [0, 0.1) is 10.1 Å². The van der Waals surface area contributed by atoms with Crippen LogP contribution >= 0.6 is 11.6 Å². The Balaban J connectivity index is 2.40. The van der Waals surface area contributed by atoms with E-state index in [0.717, 1.165) is 6.07 Å². The third-order valence-corrected chi connectivity index (χ3v) is 2.82. The molecule has 2 rings (SSSR count). The van der Waals surface area contributed by atoms with E-state index in [1.165, 1.54) is 12.1 Å². The van der Waals surface area contributed by atoms with Crippen molar-refractivity contribution < 1.29 is 14.1 Å². The Morgan fingerprint density at radius 2 is 2.12 bits per heavy atom. The molecule has 0 aliphatic heterocycles. The molecule has 0 unspecified atom stereocenters. The first-order valence-electron chi connectivity index (χ1n) is 4.62. The lowest BCUT2D eigenvalue weighted by molar-refractivity contribution is -0.384. The molecule has 0 saturated heterocycles. The van der Waals surface area contributed by atoms with Crippen molar-refractivity contribution in [2.45, 2.75) is 18.5 Å². The number of Topliss-reactive ketones (excluding diaryl/α,β-unsaturated/α-hetero) is 1. The minimum atomic E-state index is -1.82. The van der Waals surface area contributed by atoms with Crippen molar-refractivity contribution in [3.8, 4) is 0 Å². The van der Waals surface area contributed by atoms with Gasteiger partial charge in [-0.25, -0.2) is 4.39 Å². The normalized spacial score (nSPS) is 16.9. The number of rotatable bonds is 3. The smallest absolute Gasteiger partial charge is 0.288 e. The van der Waals surface area contributed by atoms with Gasteiger partial charge in [-0.15, -0.1) is 0 Å². The van der Waals surface area contributed by atoms with Crippen LogP contribution in [0.25, 0.3) is 0 Å². The second-order valence-corrected chi connectivity index (χ2v) is 4.12. The molecule has 6 heteroatoms. The van der Waals surface area contributed by atoms with Crippen LogP contribution in [-0.4, -0.2) is 16.4 Å². The predicted octanol–water partition coefficient (Wildman–Crippen LogP) is 2.93. The first-order chi connectivity index (χ1) is 7.44. The number of benzene rings is 1. The van der Waals surface area contributed by atoms with E-state index in [4.69, 9.17) is 11.6 Å². The third kappa shape index (κ3) is 1.78. The number of hydrogen-bond donors (Lipinski definition) is 0. The highest BCUT2D eigenvalue weighted by Crippen LogP contribution is 2.43. The molecular weight excluding hydrogens is 237 g/mol. The Kier molecular flexibility index (Phi) is 2.42. The number of nitro groups is 1. The molecule has 0 heterocycles. The maximum absolute atomic E-state index is 13.5. The number of hydrogen-bond acceptors (Lipinski definition) is 3. The predicted molar refractivity (Wildman–Crippen MR) is 55.5 cm³/mol. The van der Waals surface area contributed by atoms with Crippen molar-refractivity contribution in [1.29, 1.82) is 0 Å². The van der Waals surface area contributed by atoms with Gasteiger partial charge in [0.25, 0.3) is 5.69 Å². The molecule has 0 atom stereocenters. The van der Waals surface area contributed by atoms with Crippen LogP contribution in [-0.2, 0) is 0 Å². The molecular formula is C10H7ClFNO3. The Morgan fingerprint density at radius 3 is 2.62 bits per heavy atom. The summed E-state index contributed by atoms with van der Waals surface area (Å²) in [6, 6.07) is 3.56. The molecule has 0 spiro atoms. The Hall–Kier alpha value is -1.49. The molecule has 16 heavy (non-hydrogen) atoms. The van der Waals surface area contributed by atoms with E-state index in [2.05, 4.69) is 0 Å². The van der Waals surface area contributed by atoms with E-state index in [1.807, 2.05) is 0 Å². The summed E-state index contributed by atoms with van der Waals surface area (Å²) in [5.41, 5.74) is -2.20. The van der Waals surface area contributed by atoms with E-state index in [1.54, 1.807) is 0 Å². The second kappa shape index (κ2) is 3.52. The quantitative estimate of drug-likeness (QED) is 0.466. The first-order valence-corrected chi connectivity index (χ1v) is 4.99. The van der Waals surface area contributed by atoms with Gasteiger partial charge in [-0.05, 0) is 25.0 Å². The highest BCUT2D eigenvalue weighted by Gasteiger charge is 2.51. The zero-order valence-corrected chi connectivity index (χ0v) is 8.83. The van der Waals surface area contributed by atoms with Gasteiger partial charge < -0.3 is 0 Å². The molecule has 84 valence electrons. The van der Waals surface area contributed by atoms with Crippen LogP contribution < -0.4 is 0 Å². The maximum Gasteiger partial charge on any atom is 0.288 e. The SMILES string of the molecule is O=C(c1ccc(Cl)c([N+](=O)[O-])c1)C1(F)CC1. The van der Waals surface area contributed by atoms with Gasteiger partial charge in [0.05, 0.1) is 4.92 Å². The van der Waals surface area contributed by atoms with Crippen molar-refractivity contribution in [2.24, 2.45) is 0 Å². The zero-order chi connectivity index (χ0) is 11.9. The average Bonchev–Trinajstić information content (AvgIpc) is 2.97. The van der Waals surface area contributed by atoms with Crippen molar-refractivity contribution in [3.63, 3.8) is 0 Å². The van der Waals surface area contributed by atoms with Gasteiger partial charge in [-0.3, -0.25) is 14.9 Å². The van der Waals surface area contributed by atoms with Crippen LogP contribution in [0.2, 0.25) is 5.02 Å². The fourth-order valence-electron chi connectivity index (χ4n) is 1.39. The third-order valence-electron chi connectivity index (χ3n) is 2.50. The van der Waals surface area contributed by atoms with Gasteiger partial charge in [-0.2, -0.15) is 0 Å². The molecule has 0 N–H and O–H groups in total. The Labute approximate surface area is 95.2 Å². The molecule has 0 radical (unpaired) electrons. The number of nitro benzene ring substituents is 1. The summed E-state index contributed by atoms with van der Waals surface area (Å²) >= 11 is 5.58. The van der Waals surface area contributed by atoms with Crippen LogP contribution in [0.15, 0.2) is 18.2 Å². The largest absolute Gasteiger partial charge is 0.291 e. The van der Waals surface area contributed by atoms with Crippen LogP contribution in [0.5, 0.6) is 0 Å². The van der Waals surface area contributed by atoms with E-state index < -0.39 is 16.4 Å². The summed E-state index contributed by atoms with van der Waals surface area (Å²) in [4.78, 5) is 21.5. The molecule has 1 saturated carbocycles. The summed E-state index contributed by atoms with van der Waals surface area (Å²) in [7, 11) is 0. The van der Waals surface area contributed by atoms with E-state index in [0.29, 0.717) is 0 Å². The molecule has 0 aromatic heterocycles. The number of ketones is 1. The highest BCUT2D eigenvalue weighted by molar-refractivity contribution is 6.32.